The van der Waals surface area contributed by atoms with Crippen LogP contribution in [-0.4, -0.2) is 51.5 Å². The van der Waals surface area contributed by atoms with Gasteiger partial charge in [0.05, 0.1) is 0 Å². The highest BCUT2D eigenvalue weighted by molar-refractivity contribution is 7.90. The van der Waals surface area contributed by atoms with Crippen LogP contribution >= 0.6 is 12.4 Å². The molecule has 2 atom stereocenters. The van der Waals surface area contributed by atoms with Crippen molar-refractivity contribution in [1.29, 1.82) is 0 Å². The summed E-state index contributed by atoms with van der Waals surface area (Å²) in [7, 11) is -7.09. The van der Waals surface area contributed by atoms with Crippen LogP contribution < -0.4 is 5.73 Å². The van der Waals surface area contributed by atoms with Crippen LogP contribution in [0.3, 0.4) is 0 Å². The number of sulfone groups is 1. The quantitative estimate of drug-likeness (QED) is 0.815. The summed E-state index contributed by atoms with van der Waals surface area (Å²) < 4.78 is 49.0. The van der Waals surface area contributed by atoms with Crippen molar-refractivity contribution in [3.63, 3.8) is 0 Å². The Balaban J connectivity index is 0.00000242. The smallest absolute Gasteiger partial charge is 0.244 e. The molecule has 0 aliphatic carbocycles. The Bertz CT molecular complexity index is 717. The van der Waals surface area contributed by atoms with Crippen LogP contribution in [0.2, 0.25) is 0 Å². The van der Waals surface area contributed by atoms with Crippen LogP contribution in [0.4, 0.5) is 0 Å². The van der Waals surface area contributed by atoms with Gasteiger partial charge in [-0.2, -0.15) is 4.31 Å². The summed E-state index contributed by atoms with van der Waals surface area (Å²) in [4.78, 5) is 3.72. The number of pyridine rings is 1. The van der Waals surface area contributed by atoms with Gasteiger partial charge in [-0.15, -0.1) is 12.4 Å². The molecule has 126 valence electrons. The van der Waals surface area contributed by atoms with E-state index in [9.17, 15) is 16.8 Å². The predicted octanol–water partition coefficient (Wildman–Crippen LogP) is 0.265. The van der Waals surface area contributed by atoms with Crippen molar-refractivity contribution >= 4 is 32.3 Å². The van der Waals surface area contributed by atoms with E-state index in [0.717, 1.165) is 18.9 Å². The molecule has 10 heteroatoms. The van der Waals surface area contributed by atoms with Gasteiger partial charge in [-0.3, -0.25) is 0 Å². The largest absolute Gasteiger partial charge is 0.328 e. The van der Waals surface area contributed by atoms with Crippen molar-refractivity contribution in [2.45, 2.75) is 29.3 Å². The van der Waals surface area contributed by atoms with Gasteiger partial charge in [0.25, 0.3) is 0 Å². The SMILES string of the molecule is CC(N)C1CCN(S(=O)(=O)c2ccc(S(C)(=O)=O)nc2)C1.Cl. The topological polar surface area (TPSA) is 110 Å². The molecular weight excluding hydrogens is 350 g/mol. The third-order valence-corrected chi connectivity index (χ3v) is 6.51. The third kappa shape index (κ3) is 3.96. The fraction of sp³-hybridized carbons (Fsp3) is 0.583. The highest BCUT2D eigenvalue weighted by Gasteiger charge is 2.34. The number of hydrogen-bond acceptors (Lipinski definition) is 6. The number of sulfonamides is 1. The summed E-state index contributed by atoms with van der Waals surface area (Å²) in [6, 6.07) is 2.43. The molecule has 0 saturated carbocycles. The number of halogens is 1. The van der Waals surface area contributed by atoms with Crippen molar-refractivity contribution in [2.75, 3.05) is 19.3 Å². The van der Waals surface area contributed by atoms with Crippen molar-refractivity contribution in [2.24, 2.45) is 11.7 Å². The minimum Gasteiger partial charge on any atom is -0.328 e. The molecule has 2 unspecified atom stereocenters. The number of hydrogen-bond donors (Lipinski definition) is 1. The number of rotatable bonds is 4. The molecule has 1 aliphatic heterocycles. The molecule has 1 aromatic rings. The van der Waals surface area contributed by atoms with E-state index in [2.05, 4.69) is 4.98 Å². The Morgan fingerprint density at radius 2 is 1.95 bits per heavy atom. The van der Waals surface area contributed by atoms with Crippen molar-refractivity contribution in [3.05, 3.63) is 18.3 Å². The van der Waals surface area contributed by atoms with Gasteiger partial charge in [0.1, 0.15) is 4.90 Å². The van der Waals surface area contributed by atoms with Gasteiger partial charge >= 0.3 is 0 Å². The van der Waals surface area contributed by atoms with Crippen LogP contribution in [0.15, 0.2) is 28.3 Å². The standard InChI is InChI=1S/C12H19N3O4S2.ClH/c1-9(13)10-5-6-15(8-10)21(18,19)11-3-4-12(14-7-11)20(2,16)17;/h3-4,7,9-10H,5-6,8,13H2,1-2H3;1H. The summed E-state index contributed by atoms with van der Waals surface area (Å²) in [5, 5.41) is -0.142. The van der Waals surface area contributed by atoms with Gasteiger partial charge in [-0.1, -0.05) is 0 Å². The number of nitrogens with zero attached hydrogens (tertiary/aromatic N) is 2. The molecule has 2 N–H and O–H groups in total. The fourth-order valence-corrected chi connectivity index (χ4v) is 4.31. The summed E-state index contributed by atoms with van der Waals surface area (Å²) >= 11 is 0. The molecule has 0 bridgehead atoms. The normalized spacial score (nSPS) is 21.3. The molecule has 0 aromatic carbocycles. The van der Waals surface area contributed by atoms with Crippen LogP contribution in [0.25, 0.3) is 0 Å². The van der Waals surface area contributed by atoms with E-state index < -0.39 is 19.9 Å². The molecule has 1 aliphatic rings. The fourth-order valence-electron chi connectivity index (χ4n) is 2.29. The van der Waals surface area contributed by atoms with Crippen LogP contribution in [0.1, 0.15) is 13.3 Å². The van der Waals surface area contributed by atoms with Crippen molar-refractivity contribution in [3.8, 4) is 0 Å². The maximum atomic E-state index is 12.5. The van der Waals surface area contributed by atoms with Crippen LogP contribution in [0, 0.1) is 5.92 Å². The van der Waals surface area contributed by atoms with E-state index in [0.29, 0.717) is 13.1 Å². The molecule has 2 heterocycles. The Labute approximate surface area is 137 Å². The van der Waals surface area contributed by atoms with E-state index in [4.69, 9.17) is 5.73 Å². The third-order valence-electron chi connectivity index (χ3n) is 3.66. The first-order chi connectivity index (χ1) is 9.62. The minimum absolute atomic E-state index is 0. The Kier molecular flexibility index (Phi) is 5.96. The van der Waals surface area contributed by atoms with E-state index in [1.54, 1.807) is 0 Å². The summed E-state index contributed by atoms with van der Waals surface area (Å²) in [6.45, 7) is 2.67. The predicted molar refractivity (Wildman–Crippen MR) is 85.1 cm³/mol. The summed E-state index contributed by atoms with van der Waals surface area (Å²) in [5.41, 5.74) is 5.81. The highest BCUT2D eigenvalue weighted by atomic mass is 35.5. The molecule has 7 nitrogen and oxygen atoms in total. The molecule has 1 fully saturated rings. The molecule has 2 rings (SSSR count). The van der Waals surface area contributed by atoms with E-state index in [1.165, 1.54) is 16.4 Å². The second-order valence-corrected chi connectivity index (χ2v) is 9.28. The zero-order chi connectivity index (χ0) is 15.8. The van der Waals surface area contributed by atoms with Crippen molar-refractivity contribution in [1.82, 2.24) is 9.29 Å². The highest BCUT2D eigenvalue weighted by Crippen LogP contribution is 2.25. The molecule has 1 saturated heterocycles. The first-order valence-corrected chi connectivity index (χ1v) is 9.87. The van der Waals surface area contributed by atoms with E-state index in [-0.39, 0.29) is 34.3 Å². The second-order valence-electron chi connectivity index (χ2n) is 5.38. The summed E-state index contributed by atoms with van der Waals surface area (Å²) in [5.74, 6) is 0.142. The first-order valence-electron chi connectivity index (χ1n) is 6.54. The lowest BCUT2D eigenvalue weighted by Crippen LogP contribution is -2.33. The first kappa shape index (κ1) is 19.3. The van der Waals surface area contributed by atoms with Crippen LogP contribution in [0.5, 0.6) is 0 Å². The van der Waals surface area contributed by atoms with E-state index >= 15 is 0 Å². The van der Waals surface area contributed by atoms with E-state index in [1.807, 2.05) is 6.92 Å². The van der Waals surface area contributed by atoms with Gasteiger partial charge in [0, 0.05) is 31.6 Å². The zero-order valence-corrected chi connectivity index (χ0v) is 14.8. The molecule has 0 radical (unpaired) electrons. The Hall–Kier alpha value is -0.740. The zero-order valence-electron chi connectivity index (χ0n) is 12.3. The van der Waals surface area contributed by atoms with Gasteiger partial charge in [0.15, 0.2) is 14.9 Å². The Morgan fingerprint density at radius 3 is 2.36 bits per heavy atom. The lowest BCUT2D eigenvalue weighted by atomic mass is 10.0. The van der Waals surface area contributed by atoms with Gasteiger partial charge in [-0.25, -0.2) is 21.8 Å². The van der Waals surface area contributed by atoms with Crippen LogP contribution in [-0.2, 0) is 19.9 Å². The van der Waals surface area contributed by atoms with Gasteiger partial charge in [0.2, 0.25) is 10.0 Å². The molecule has 1 aromatic heterocycles. The molecule has 0 amide bonds. The lowest BCUT2D eigenvalue weighted by molar-refractivity contribution is 0.429. The number of aromatic nitrogens is 1. The average molecular weight is 370 g/mol. The summed E-state index contributed by atoms with van der Waals surface area (Å²) in [6.07, 6.45) is 2.84. The minimum atomic E-state index is -3.65. The second kappa shape index (κ2) is 6.79. The number of nitrogens with two attached hydrogens (primary N) is 1. The Morgan fingerprint density at radius 1 is 1.32 bits per heavy atom. The maximum absolute atomic E-state index is 12.5. The van der Waals surface area contributed by atoms with Crippen molar-refractivity contribution < 1.29 is 16.8 Å². The van der Waals surface area contributed by atoms with Gasteiger partial charge < -0.3 is 5.73 Å². The molecular formula is C12H20ClN3O4S2. The lowest BCUT2D eigenvalue weighted by Gasteiger charge is -2.18. The molecule has 0 spiro atoms. The molecule has 22 heavy (non-hydrogen) atoms. The monoisotopic (exact) mass is 369 g/mol. The van der Waals surface area contributed by atoms with Gasteiger partial charge in [-0.05, 0) is 31.4 Å². The maximum Gasteiger partial charge on any atom is 0.244 e. The average Bonchev–Trinajstić information content (AvgIpc) is 2.88.